The number of benzene rings is 2. The van der Waals surface area contributed by atoms with Gasteiger partial charge >= 0.3 is 6.18 Å². The molecule has 28 heavy (non-hydrogen) atoms. The quantitative estimate of drug-likeness (QED) is 0.708. The zero-order valence-electron chi connectivity index (χ0n) is 15.5. The molecule has 0 aromatic heterocycles. The number of hydrogen-bond donors (Lipinski definition) is 2. The monoisotopic (exact) mass is 394 g/mol. The van der Waals surface area contributed by atoms with Gasteiger partial charge in [-0.2, -0.15) is 13.2 Å². The second kappa shape index (κ2) is 7.85. The molecule has 2 rings (SSSR count). The largest absolute Gasteiger partial charge is 0.411 e. The molecule has 0 aliphatic carbocycles. The lowest BCUT2D eigenvalue weighted by molar-refractivity contribution is -0.285. The second-order valence-corrected chi connectivity index (χ2v) is 6.71. The van der Waals surface area contributed by atoms with Gasteiger partial charge in [0, 0.05) is 6.92 Å². The third kappa shape index (κ3) is 3.72. The Balaban J connectivity index is 2.45. The van der Waals surface area contributed by atoms with Crippen molar-refractivity contribution in [3.63, 3.8) is 0 Å². The summed E-state index contributed by atoms with van der Waals surface area (Å²) in [5.74, 6) is -7.09. The molecule has 0 aliphatic heterocycles. The van der Waals surface area contributed by atoms with E-state index in [-0.39, 0.29) is 0 Å². The van der Waals surface area contributed by atoms with E-state index >= 15 is 0 Å². The summed E-state index contributed by atoms with van der Waals surface area (Å²) in [5, 5.41) is 20.1. The van der Waals surface area contributed by atoms with Gasteiger partial charge in [-0.3, -0.25) is 9.59 Å². The van der Waals surface area contributed by atoms with Gasteiger partial charge in [0.05, 0.1) is 0 Å². The minimum Gasteiger partial charge on any atom is -0.358 e. The maximum Gasteiger partial charge on any atom is 0.411 e. The Kier molecular flexibility index (Phi) is 6.11. The number of hydrogen-bond acceptors (Lipinski definition) is 4. The van der Waals surface area contributed by atoms with E-state index in [4.69, 9.17) is 0 Å². The molecule has 0 fully saturated rings. The highest BCUT2D eigenvalue weighted by molar-refractivity contribution is 5.99. The highest BCUT2D eigenvalue weighted by Gasteiger charge is 2.72. The van der Waals surface area contributed by atoms with Crippen LogP contribution in [0.2, 0.25) is 0 Å². The molecule has 0 spiro atoms. The van der Waals surface area contributed by atoms with E-state index in [0.717, 1.165) is 17.7 Å². The SMILES string of the molecule is CC(=O)C(O)(O)C(C(C)=O)(c1ccc(CCc2ccccc2)cc1)C(F)(F)F. The first-order chi connectivity index (χ1) is 12.9. The summed E-state index contributed by atoms with van der Waals surface area (Å²) in [7, 11) is 0. The molecule has 0 amide bonds. The van der Waals surface area contributed by atoms with E-state index in [0.29, 0.717) is 32.3 Å². The van der Waals surface area contributed by atoms with Crippen LogP contribution >= 0.6 is 0 Å². The molecule has 4 nitrogen and oxygen atoms in total. The lowest BCUT2D eigenvalue weighted by Crippen LogP contribution is -2.67. The van der Waals surface area contributed by atoms with E-state index in [9.17, 15) is 33.0 Å². The smallest absolute Gasteiger partial charge is 0.358 e. The van der Waals surface area contributed by atoms with Gasteiger partial charge in [0.2, 0.25) is 11.2 Å². The number of aryl methyl sites for hydroxylation is 2. The Morgan fingerprint density at radius 2 is 1.25 bits per heavy atom. The summed E-state index contributed by atoms with van der Waals surface area (Å²) in [4.78, 5) is 23.7. The molecule has 0 saturated carbocycles. The fourth-order valence-corrected chi connectivity index (χ4v) is 3.33. The van der Waals surface area contributed by atoms with E-state index in [1.54, 1.807) is 0 Å². The van der Waals surface area contributed by atoms with E-state index in [1.807, 2.05) is 30.3 Å². The number of rotatable bonds is 7. The molecule has 1 atom stereocenters. The summed E-state index contributed by atoms with van der Waals surface area (Å²) < 4.78 is 41.8. The van der Waals surface area contributed by atoms with E-state index in [1.165, 1.54) is 12.1 Å². The van der Waals surface area contributed by atoms with E-state index in [2.05, 4.69) is 0 Å². The second-order valence-electron chi connectivity index (χ2n) is 6.71. The van der Waals surface area contributed by atoms with Crippen LogP contribution < -0.4 is 0 Å². The van der Waals surface area contributed by atoms with Crippen molar-refractivity contribution in [2.24, 2.45) is 0 Å². The van der Waals surface area contributed by atoms with Gasteiger partial charge in [0.1, 0.15) is 0 Å². The summed E-state index contributed by atoms with van der Waals surface area (Å²) in [6, 6.07) is 14.3. The van der Waals surface area contributed by atoms with Crippen LogP contribution in [0.25, 0.3) is 0 Å². The topological polar surface area (TPSA) is 74.6 Å². The van der Waals surface area contributed by atoms with Crippen LogP contribution in [-0.4, -0.2) is 33.7 Å². The third-order valence-corrected chi connectivity index (χ3v) is 4.90. The summed E-state index contributed by atoms with van der Waals surface area (Å²) >= 11 is 0. The number of halogens is 3. The molecule has 2 aromatic rings. The van der Waals surface area contributed by atoms with Crippen LogP contribution in [0.1, 0.15) is 30.5 Å². The third-order valence-electron chi connectivity index (χ3n) is 4.90. The van der Waals surface area contributed by atoms with Gasteiger partial charge in [-0.15, -0.1) is 0 Å². The van der Waals surface area contributed by atoms with Crippen LogP contribution in [-0.2, 0) is 27.8 Å². The van der Waals surface area contributed by atoms with Crippen LogP contribution in [0.15, 0.2) is 54.6 Å². The molecule has 150 valence electrons. The van der Waals surface area contributed by atoms with Gasteiger partial charge in [-0.1, -0.05) is 54.6 Å². The lowest BCUT2D eigenvalue weighted by atomic mass is 9.68. The predicted molar refractivity (Wildman–Crippen MR) is 96.6 cm³/mol. The molecule has 0 saturated heterocycles. The van der Waals surface area contributed by atoms with Gasteiger partial charge < -0.3 is 10.2 Å². The maximum absolute atomic E-state index is 13.9. The van der Waals surface area contributed by atoms with Crippen molar-refractivity contribution in [1.29, 1.82) is 0 Å². The molecule has 2 N–H and O–H groups in total. The highest BCUT2D eigenvalue weighted by Crippen LogP contribution is 2.49. The first-order valence-corrected chi connectivity index (χ1v) is 8.61. The molecule has 0 bridgehead atoms. The number of alkyl halides is 3. The van der Waals surface area contributed by atoms with Crippen molar-refractivity contribution in [2.75, 3.05) is 0 Å². The van der Waals surface area contributed by atoms with Crippen LogP contribution in [0.3, 0.4) is 0 Å². The lowest BCUT2D eigenvalue weighted by Gasteiger charge is -2.41. The number of carbonyl (C=O) groups excluding carboxylic acids is 2. The van der Waals surface area contributed by atoms with Crippen LogP contribution in [0.5, 0.6) is 0 Å². The molecule has 2 aromatic carbocycles. The molecule has 0 aliphatic rings. The zero-order valence-corrected chi connectivity index (χ0v) is 15.5. The van der Waals surface area contributed by atoms with Crippen molar-refractivity contribution < 1.29 is 33.0 Å². The summed E-state index contributed by atoms with van der Waals surface area (Å²) in [6.07, 6.45) is -4.20. The number of carbonyl (C=O) groups is 2. The minimum atomic E-state index is -5.40. The van der Waals surface area contributed by atoms with Crippen molar-refractivity contribution in [3.8, 4) is 0 Å². The normalized spacial score (nSPS) is 14.4. The first-order valence-electron chi connectivity index (χ1n) is 8.61. The van der Waals surface area contributed by atoms with Gasteiger partial charge in [0.15, 0.2) is 11.6 Å². The van der Waals surface area contributed by atoms with Gasteiger partial charge in [-0.05, 0) is 36.5 Å². The van der Waals surface area contributed by atoms with Crippen LogP contribution in [0, 0.1) is 0 Å². The predicted octanol–water partition coefficient (Wildman–Crippen LogP) is 3.13. The molecule has 1 unspecified atom stereocenters. The number of ketones is 2. The number of aliphatic hydroxyl groups is 2. The summed E-state index contributed by atoms with van der Waals surface area (Å²) in [6.45, 7) is 1.18. The highest BCUT2D eigenvalue weighted by atomic mass is 19.4. The fourth-order valence-electron chi connectivity index (χ4n) is 3.33. The molecule has 0 radical (unpaired) electrons. The Bertz CT molecular complexity index is 842. The minimum absolute atomic E-state index is 0.541. The van der Waals surface area contributed by atoms with Crippen molar-refractivity contribution in [1.82, 2.24) is 0 Å². The Morgan fingerprint density at radius 3 is 1.64 bits per heavy atom. The van der Waals surface area contributed by atoms with Crippen molar-refractivity contribution in [3.05, 3.63) is 71.3 Å². The average Bonchev–Trinajstić information content (AvgIpc) is 2.60. The maximum atomic E-state index is 13.9. The van der Waals surface area contributed by atoms with Crippen molar-refractivity contribution in [2.45, 2.75) is 44.1 Å². The number of Topliss-reactive ketones (excluding diaryl/α,β-unsaturated/α-hetero) is 2. The van der Waals surface area contributed by atoms with Crippen LogP contribution in [0.4, 0.5) is 13.2 Å². The molecule has 7 heteroatoms. The molecular weight excluding hydrogens is 373 g/mol. The zero-order chi connectivity index (χ0) is 21.2. The molecule has 0 heterocycles. The van der Waals surface area contributed by atoms with Gasteiger partial charge in [0.25, 0.3) is 0 Å². The fraction of sp³-hybridized carbons (Fsp3) is 0.333. The van der Waals surface area contributed by atoms with Crippen molar-refractivity contribution >= 4 is 11.6 Å². The first kappa shape index (κ1) is 21.8. The summed E-state index contributed by atoms with van der Waals surface area (Å²) in [5.41, 5.74) is -2.71. The standard InChI is InChI=1S/C21H21F3O4/c1-14(25)19(21(22,23)24,20(27,28)15(2)26)18-12-10-17(11-13-18)9-8-16-6-4-3-5-7-16/h3-7,10-13,27-28H,8-9H2,1-2H3. The van der Waals surface area contributed by atoms with E-state index < -0.39 is 34.5 Å². The Hall–Kier alpha value is -2.51. The average molecular weight is 394 g/mol. The Labute approximate surface area is 160 Å². The Morgan fingerprint density at radius 1 is 0.786 bits per heavy atom. The van der Waals surface area contributed by atoms with Gasteiger partial charge in [-0.25, -0.2) is 0 Å². The molecular formula is C21H21F3O4.